The molecule has 1 aromatic carbocycles. The minimum Gasteiger partial charge on any atom is -0.484 e. The lowest BCUT2D eigenvalue weighted by Crippen LogP contribution is -2.47. The lowest BCUT2D eigenvalue weighted by Gasteiger charge is -2.33. The second kappa shape index (κ2) is 9.76. The number of ketones is 1. The van der Waals surface area contributed by atoms with E-state index in [1.165, 1.54) is 22.8 Å². The number of ether oxygens (including phenoxy) is 2. The Morgan fingerprint density at radius 3 is 2.92 bits per heavy atom. The smallest absolute Gasteiger partial charge is 0.416 e. The number of fused-ring (bicyclic) bond motifs is 3. The van der Waals surface area contributed by atoms with E-state index < -0.39 is 23.6 Å². The Morgan fingerprint density at radius 1 is 1.18 bits per heavy atom. The number of hydrogen-bond donors (Lipinski definition) is 2. The normalized spacial score (nSPS) is 23.5. The molecule has 2 aliphatic heterocycles. The molecule has 198 valence electrons. The van der Waals surface area contributed by atoms with E-state index in [-0.39, 0.29) is 50.1 Å². The number of carbonyl (C=O) groups is 2. The van der Waals surface area contributed by atoms with Crippen LogP contribution >= 0.6 is 0 Å². The zero-order chi connectivity index (χ0) is 26.4. The Balaban J connectivity index is 1.08. The number of amides is 1. The molecule has 3 aromatic rings. The molecule has 0 unspecified atom stereocenters. The summed E-state index contributed by atoms with van der Waals surface area (Å²) in [5, 5.41) is 14.0. The van der Waals surface area contributed by atoms with Crippen molar-refractivity contribution in [2.24, 2.45) is 0 Å². The van der Waals surface area contributed by atoms with Crippen LogP contribution in [0.4, 0.5) is 15.0 Å². The lowest BCUT2D eigenvalue weighted by molar-refractivity contribution is -0.121. The molecule has 12 heteroatoms. The quantitative estimate of drug-likeness (QED) is 0.490. The first-order valence-electron chi connectivity index (χ1n) is 12.6. The number of anilines is 1. The van der Waals surface area contributed by atoms with Crippen LogP contribution in [0.1, 0.15) is 25.0 Å². The van der Waals surface area contributed by atoms with Crippen molar-refractivity contribution in [3.8, 4) is 5.75 Å². The molecule has 11 nitrogen and oxygen atoms in total. The van der Waals surface area contributed by atoms with Crippen molar-refractivity contribution in [3.63, 3.8) is 0 Å². The molecule has 0 bridgehead atoms. The fourth-order valence-corrected chi connectivity index (χ4v) is 5.47. The van der Waals surface area contributed by atoms with Gasteiger partial charge in [-0.1, -0.05) is 0 Å². The fraction of sp³-hybridized carbons (Fsp3) is 0.423. The van der Waals surface area contributed by atoms with Crippen LogP contribution < -0.4 is 20.5 Å². The van der Waals surface area contributed by atoms with Crippen LogP contribution in [-0.4, -0.2) is 69.0 Å². The summed E-state index contributed by atoms with van der Waals surface area (Å²) < 4.78 is 26.1. The summed E-state index contributed by atoms with van der Waals surface area (Å²) in [5.41, 5.74) is 0.877. The van der Waals surface area contributed by atoms with E-state index in [9.17, 15) is 23.9 Å². The Labute approximate surface area is 216 Å². The molecular weight excluding hydrogens is 497 g/mol. The van der Waals surface area contributed by atoms with E-state index >= 15 is 0 Å². The Bertz CT molecular complexity index is 1480. The van der Waals surface area contributed by atoms with Crippen molar-refractivity contribution in [1.82, 2.24) is 19.9 Å². The maximum absolute atomic E-state index is 13.8. The Morgan fingerprint density at radius 2 is 2.05 bits per heavy atom. The number of pyridine rings is 1. The summed E-state index contributed by atoms with van der Waals surface area (Å²) in [6.45, 7) is 0.208. The maximum atomic E-state index is 13.8. The highest BCUT2D eigenvalue weighted by Gasteiger charge is 2.46. The molecular formula is C26H26FN5O6. The standard InChI is InChI=1S/C26H26FN5O6/c27-14-1-3-18-21(7-14)31(25(35)11-29-18)12-17(34)10-28-15-2-4-20-23(8-15)38-26(36)32(20)24-6-5-22-19(30-24)9-16(33)13-37-22/h1,3,5-7,11,15,17,20,23,28,34H,2,4,8-10,12-13H2/t15-,17-,20-,23-/m1/s1. The monoisotopic (exact) mass is 523 g/mol. The number of nitrogens with one attached hydrogen (secondary N) is 1. The van der Waals surface area contributed by atoms with Crippen LogP contribution in [0.25, 0.3) is 11.0 Å². The highest BCUT2D eigenvalue weighted by molar-refractivity contribution is 5.90. The van der Waals surface area contributed by atoms with Gasteiger partial charge >= 0.3 is 6.09 Å². The second-order valence-electron chi connectivity index (χ2n) is 9.89. The first-order valence-corrected chi connectivity index (χ1v) is 12.6. The average molecular weight is 524 g/mol. The second-order valence-corrected chi connectivity index (χ2v) is 9.89. The van der Waals surface area contributed by atoms with Crippen molar-refractivity contribution in [2.75, 3.05) is 18.1 Å². The third-order valence-corrected chi connectivity index (χ3v) is 7.30. The highest BCUT2D eigenvalue weighted by Crippen LogP contribution is 2.36. The average Bonchev–Trinajstić information content (AvgIpc) is 3.23. The van der Waals surface area contributed by atoms with Gasteiger partial charge in [-0.3, -0.25) is 14.5 Å². The molecule has 1 saturated heterocycles. The van der Waals surface area contributed by atoms with Crippen LogP contribution in [0.2, 0.25) is 0 Å². The molecule has 0 spiro atoms. The molecule has 1 saturated carbocycles. The molecule has 2 aromatic heterocycles. The molecule has 4 heterocycles. The highest BCUT2D eigenvalue weighted by atomic mass is 19.1. The van der Waals surface area contributed by atoms with E-state index in [2.05, 4.69) is 15.3 Å². The predicted molar refractivity (Wildman–Crippen MR) is 133 cm³/mol. The van der Waals surface area contributed by atoms with Gasteiger partial charge < -0.3 is 24.5 Å². The summed E-state index contributed by atoms with van der Waals surface area (Å²) in [7, 11) is 0. The van der Waals surface area contributed by atoms with Gasteiger partial charge in [-0.2, -0.15) is 0 Å². The van der Waals surface area contributed by atoms with Crippen LogP contribution in [0.15, 0.2) is 41.3 Å². The number of rotatable bonds is 6. The zero-order valence-electron chi connectivity index (χ0n) is 20.4. The number of Topliss-reactive ketones (excluding diaryl/α,β-unsaturated/α-hetero) is 1. The summed E-state index contributed by atoms with van der Waals surface area (Å²) in [6, 6.07) is 7.22. The van der Waals surface area contributed by atoms with Crippen LogP contribution in [0.3, 0.4) is 0 Å². The van der Waals surface area contributed by atoms with Gasteiger partial charge in [0, 0.05) is 19.0 Å². The molecule has 2 N–H and O–H groups in total. The van der Waals surface area contributed by atoms with Crippen LogP contribution in [-0.2, 0) is 22.5 Å². The lowest BCUT2D eigenvalue weighted by atomic mass is 9.88. The van der Waals surface area contributed by atoms with Crippen LogP contribution in [0, 0.1) is 5.82 Å². The Kier molecular flexibility index (Phi) is 6.28. The van der Waals surface area contributed by atoms with Gasteiger partial charge in [0.1, 0.15) is 30.1 Å². The van der Waals surface area contributed by atoms with Gasteiger partial charge in [-0.25, -0.2) is 19.2 Å². The molecule has 3 aliphatic rings. The molecule has 1 aliphatic carbocycles. The van der Waals surface area contributed by atoms with Crippen molar-refractivity contribution >= 4 is 28.7 Å². The van der Waals surface area contributed by atoms with Crippen molar-refractivity contribution in [2.45, 2.75) is 56.5 Å². The first kappa shape index (κ1) is 24.4. The van der Waals surface area contributed by atoms with E-state index in [0.29, 0.717) is 41.1 Å². The predicted octanol–water partition coefficient (Wildman–Crippen LogP) is 1.33. The number of halogens is 1. The van der Waals surface area contributed by atoms with Crippen molar-refractivity contribution in [1.29, 1.82) is 0 Å². The number of benzene rings is 1. The number of carbonyl (C=O) groups excluding carboxylic acids is 2. The third-order valence-electron chi connectivity index (χ3n) is 7.30. The molecule has 0 radical (unpaired) electrons. The van der Waals surface area contributed by atoms with Gasteiger partial charge in [0.2, 0.25) is 0 Å². The fourth-order valence-electron chi connectivity index (χ4n) is 5.47. The molecule has 1 amide bonds. The number of aromatic nitrogens is 3. The summed E-state index contributed by atoms with van der Waals surface area (Å²) in [4.78, 5) is 47.0. The van der Waals surface area contributed by atoms with Gasteiger partial charge in [0.25, 0.3) is 5.56 Å². The minimum absolute atomic E-state index is 0.00971. The number of aliphatic hydroxyl groups excluding tert-OH is 1. The molecule has 38 heavy (non-hydrogen) atoms. The topological polar surface area (TPSA) is 136 Å². The maximum Gasteiger partial charge on any atom is 0.416 e. The summed E-state index contributed by atoms with van der Waals surface area (Å²) in [5.74, 6) is 0.437. The van der Waals surface area contributed by atoms with Gasteiger partial charge in [0.15, 0.2) is 5.78 Å². The molecule has 6 rings (SSSR count). The molecule has 4 atom stereocenters. The number of aliphatic hydroxyl groups is 1. The Hall–Kier alpha value is -3.90. The summed E-state index contributed by atoms with van der Waals surface area (Å²) >= 11 is 0. The van der Waals surface area contributed by atoms with Gasteiger partial charge in [-0.15, -0.1) is 0 Å². The molecule has 2 fully saturated rings. The first-order chi connectivity index (χ1) is 18.4. The zero-order valence-corrected chi connectivity index (χ0v) is 20.4. The minimum atomic E-state index is -0.911. The van der Waals surface area contributed by atoms with E-state index in [0.717, 1.165) is 12.6 Å². The number of nitrogens with zero attached hydrogens (tertiary/aromatic N) is 4. The van der Waals surface area contributed by atoms with E-state index in [1.807, 2.05) is 0 Å². The van der Waals surface area contributed by atoms with E-state index in [4.69, 9.17) is 9.47 Å². The third kappa shape index (κ3) is 4.61. The van der Waals surface area contributed by atoms with Gasteiger partial charge in [-0.05, 0) is 43.2 Å². The number of hydrogen-bond acceptors (Lipinski definition) is 9. The van der Waals surface area contributed by atoms with E-state index in [1.54, 1.807) is 17.0 Å². The largest absolute Gasteiger partial charge is 0.484 e. The van der Waals surface area contributed by atoms with Crippen molar-refractivity contribution < 1.29 is 28.6 Å². The van der Waals surface area contributed by atoms with Gasteiger partial charge in [0.05, 0.1) is 48.0 Å². The van der Waals surface area contributed by atoms with Crippen LogP contribution in [0.5, 0.6) is 5.75 Å². The summed E-state index contributed by atoms with van der Waals surface area (Å²) in [6.07, 6.45) is 1.53. The van der Waals surface area contributed by atoms with Crippen molar-refractivity contribution in [3.05, 3.63) is 58.4 Å². The SMILES string of the molecule is O=C1COc2ccc(N3C(=O)O[C@@H]4C[C@H](NC[C@@H](O)Cn5c(=O)cnc6ccc(F)cc65)CC[C@H]43)nc2C1.